The molecule has 2 aromatic rings. The number of aromatic carboxylic acids is 1. The molecule has 2 N–H and O–H groups in total. The third-order valence-electron chi connectivity index (χ3n) is 3.75. The van der Waals surface area contributed by atoms with Gasteiger partial charge < -0.3 is 9.84 Å². The summed E-state index contributed by atoms with van der Waals surface area (Å²) in [5.74, 6) is -1.03. The van der Waals surface area contributed by atoms with E-state index in [2.05, 4.69) is 14.7 Å². The molecule has 1 aliphatic heterocycles. The Morgan fingerprint density at radius 2 is 1.92 bits per heavy atom. The molecule has 2 heterocycles. The molecule has 0 saturated carbocycles. The molecule has 1 unspecified atom stereocenters. The first-order valence-corrected chi connectivity index (χ1v) is 8.64. The van der Waals surface area contributed by atoms with Gasteiger partial charge in [0.1, 0.15) is 5.54 Å². The van der Waals surface area contributed by atoms with Crippen molar-refractivity contribution in [2.45, 2.75) is 16.9 Å². The van der Waals surface area contributed by atoms with Gasteiger partial charge in [-0.2, -0.15) is 4.72 Å². The van der Waals surface area contributed by atoms with Crippen LogP contribution in [0.2, 0.25) is 0 Å². The highest BCUT2D eigenvalue weighted by atomic mass is 32.2. The highest BCUT2D eigenvalue weighted by Gasteiger charge is 2.43. The second-order valence-corrected chi connectivity index (χ2v) is 7.01. The van der Waals surface area contributed by atoms with E-state index in [1.165, 1.54) is 36.7 Å². The van der Waals surface area contributed by atoms with Crippen LogP contribution in [0.15, 0.2) is 47.6 Å². The van der Waals surface area contributed by atoms with Crippen LogP contribution in [0, 0.1) is 0 Å². The number of carbonyl (C=O) groups is 1. The number of nitrogens with zero attached hydrogens (tertiary/aromatic N) is 2. The van der Waals surface area contributed by atoms with Crippen molar-refractivity contribution in [2.75, 3.05) is 13.2 Å². The van der Waals surface area contributed by atoms with Crippen molar-refractivity contribution in [1.82, 2.24) is 14.7 Å². The molecule has 9 heteroatoms. The molecule has 8 nitrogen and oxygen atoms in total. The Hall–Kier alpha value is -2.36. The van der Waals surface area contributed by atoms with Crippen molar-refractivity contribution in [1.29, 1.82) is 0 Å². The molecule has 0 bridgehead atoms. The first kappa shape index (κ1) is 16.5. The maximum Gasteiger partial charge on any atom is 0.337 e. The van der Waals surface area contributed by atoms with Gasteiger partial charge in [0, 0.05) is 19.0 Å². The zero-order valence-electron chi connectivity index (χ0n) is 12.5. The summed E-state index contributed by atoms with van der Waals surface area (Å²) in [6.45, 7) is 0.423. The number of aromatic nitrogens is 2. The van der Waals surface area contributed by atoms with Crippen molar-refractivity contribution in [2.24, 2.45) is 0 Å². The van der Waals surface area contributed by atoms with E-state index in [9.17, 15) is 18.3 Å². The molecule has 0 amide bonds. The molecule has 0 radical (unpaired) electrons. The van der Waals surface area contributed by atoms with E-state index in [1.807, 2.05) is 0 Å². The van der Waals surface area contributed by atoms with Crippen molar-refractivity contribution < 1.29 is 23.1 Å². The summed E-state index contributed by atoms with van der Waals surface area (Å²) in [7, 11) is -4.12. The van der Waals surface area contributed by atoms with Gasteiger partial charge in [0.2, 0.25) is 10.0 Å². The minimum Gasteiger partial charge on any atom is -0.478 e. The van der Waals surface area contributed by atoms with Crippen molar-refractivity contribution >= 4 is 16.0 Å². The molecule has 3 rings (SSSR count). The van der Waals surface area contributed by atoms with Gasteiger partial charge in [-0.25, -0.2) is 23.2 Å². The van der Waals surface area contributed by atoms with Crippen molar-refractivity contribution in [3.05, 3.63) is 54.1 Å². The molecule has 0 spiro atoms. The molecule has 1 aromatic heterocycles. The van der Waals surface area contributed by atoms with E-state index in [0.717, 1.165) is 0 Å². The van der Waals surface area contributed by atoms with Crippen LogP contribution in [0.4, 0.5) is 0 Å². The van der Waals surface area contributed by atoms with Gasteiger partial charge in [0.05, 0.1) is 17.1 Å². The summed E-state index contributed by atoms with van der Waals surface area (Å²) in [6.07, 6.45) is 3.38. The zero-order chi connectivity index (χ0) is 17.2. The van der Waals surface area contributed by atoms with Gasteiger partial charge in [-0.1, -0.05) is 12.1 Å². The zero-order valence-corrected chi connectivity index (χ0v) is 13.4. The molecular weight excluding hydrogens is 334 g/mol. The number of nitrogens with one attached hydrogen (secondary N) is 1. The fraction of sp³-hybridized carbons (Fsp3) is 0.267. The van der Waals surface area contributed by atoms with Gasteiger partial charge in [-0.05, 0) is 24.6 Å². The Balaban J connectivity index is 2.04. The van der Waals surface area contributed by atoms with Crippen LogP contribution in [-0.2, 0) is 20.3 Å². The van der Waals surface area contributed by atoms with E-state index < -0.39 is 21.5 Å². The number of carboxylic acid groups (broad SMARTS) is 1. The van der Waals surface area contributed by atoms with Crippen LogP contribution in [0.5, 0.6) is 0 Å². The average Bonchev–Trinajstić information content (AvgIpc) is 3.04. The second-order valence-electron chi connectivity index (χ2n) is 5.36. The van der Waals surface area contributed by atoms with Crippen LogP contribution in [0.1, 0.15) is 22.6 Å². The first-order chi connectivity index (χ1) is 11.4. The van der Waals surface area contributed by atoms with Crippen LogP contribution in [-0.4, -0.2) is 42.7 Å². The Morgan fingerprint density at radius 3 is 2.54 bits per heavy atom. The van der Waals surface area contributed by atoms with Crippen LogP contribution < -0.4 is 4.72 Å². The van der Waals surface area contributed by atoms with Gasteiger partial charge in [0.15, 0.2) is 5.82 Å². The number of hydrogen-bond donors (Lipinski definition) is 2. The third-order valence-corrected chi connectivity index (χ3v) is 5.35. The van der Waals surface area contributed by atoms with E-state index in [0.29, 0.717) is 18.9 Å². The summed E-state index contributed by atoms with van der Waals surface area (Å²) in [5, 5.41) is 9.23. The fourth-order valence-electron chi connectivity index (χ4n) is 2.60. The molecule has 1 fully saturated rings. The number of hydrogen-bond acceptors (Lipinski definition) is 6. The largest absolute Gasteiger partial charge is 0.478 e. The van der Waals surface area contributed by atoms with Crippen LogP contribution >= 0.6 is 0 Å². The fourth-order valence-corrected chi connectivity index (χ4v) is 4.18. The normalized spacial score (nSPS) is 20.8. The summed E-state index contributed by atoms with van der Waals surface area (Å²) < 4.78 is 33.5. The maximum absolute atomic E-state index is 12.8. The minimum absolute atomic E-state index is 0.0749. The molecule has 126 valence electrons. The number of sulfonamides is 1. The van der Waals surface area contributed by atoms with Crippen molar-refractivity contribution in [3.63, 3.8) is 0 Å². The molecule has 1 saturated heterocycles. The minimum atomic E-state index is -4.12. The van der Waals surface area contributed by atoms with E-state index in [1.54, 1.807) is 6.07 Å². The summed E-state index contributed by atoms with van der Waals surface area (Å²) >= 11 is 0. The average molecular weight is 349 g/mol. The van der Waals surface area contributed by atoms with Crippen LogP contribution in [0.25, 0.3) is 0 Å². The molecule has 0 aliphatic carbocycles. The molecular formula is C15H15N3O5S. The van der Waals surface area contributed by atoms with E-state index in [4.69, 9.17) is 4.74 Å². The van der Waals surface area contributed by atoms with Gasteiger partial charge >= 0.3 is 5.97 Å². The van der Waals surface area contributed by atoms with Gasteiger partial charge in [-0.15, -0.1) is 0 Å². The highest BCUT2D eigenvalue weighted by Crippen LogP contribution is 2.30. The summed E-state index contributed by atoms with van der Waals surface area (Å²) in [5.41, 5.74) is -1.42. The number of carboxylic acids is 1. The second kappa shape index (κ2) is 6.27. The standard InChI is InChI=1S/C15H15N3O5S/c19-13(20)11-4-1-2-5-12(11)24(21,22)18-15(6-9-23-10-15)14-16-7-3-8-17-14/h1-5,7-8,18H,6,9-10H2,(H,19,20). The van der Waals surface area contributed by atoms with Crippen LogP contribution in [0.3, 0.4) is 0 Å². The SMILES string of the molecule is O=C(O)c1ccccc1S(=O)(=O)NC1(c2ncccn2)CCOC1. The number of benzene rings is 1. The Kier molecular flexibility index (Phi) is 4.31. The number of ether oxygens (including phenoxy) is 1. The van der Waals surface area contributed by atoms with E-state index >= 15 is 0 Å². The van der Waals surface area contributed by atoms with E-state index in [-0.39, 0.29) is 17.1 Å². The quantitative estimate of drug-likeness (QED) is 0.818. The predicted octanol–water partition coefficient (Wildman–Crippen LogP) is 0.769. The van der Waals surface area contributed by atoms with Gasteiger partial charge in [0.25, 0.3) is 0 Å². The molecule has 24 heavy (non-hydrogen) atoms. The lowest BCUT2D eigenvalue weighted by molar-refractivity contribution is 0.0692. The lowest BCUT2D eigenvalue weighted by Gasteiger charge is -2.26. The van der Waals surface area contributed by atoms with Crippen molar-refractivity contribution in [3.8, 4) is 0 Å². The molecule has 1 atom stereocenters. The Labute approximate surface area is 138 Å². The molecule has 1 aliphatic rings. The Morgan fingerprint density at radius 1 is 1.21 bits per heavy atom. The smallest absolute Gasteiger partial charge is 0.337 e. The third kappa shape index (κ3) is 3.01. The first-order valence-electron chi connectivity index (χ1n) is 7.16. The molecule has 1 aromatic carbocycles. The summed E-state index contributed by atoms with van der Waals surface area (Å²) in [4.78, 5) is 19.3. The monoisotopic (exact) mass is 349 g/mol. The predicted molar refractivity (Wildman–Crippen MR) is 82.9 cm³/mol. The number of rotatable bonds is 5. The Bertz CT molecular complexity index is 848. The lowest BCUT2D eigenvalue weighted by atomic mass is 9.99. The highest BCUT2D eigenvalue weighted by molar-refractivity contribution is 7.89. The van der Waals surface area contributed by atoms with Gasteiger partial charge in [-0.3, -0.25) is 0 Å². The topological polar surface area (TPSA) is 118 Å². The maximum atomic E-state index is 12.8. The lowest BCUT2D eigenvalue weighted by Crippen LogP contribution is -2.47. The summed E-state index contributed by atoms with van der Waals surface area (Å²) in [6, 6.07) is 7.06.